The summed E-state index contributed by atoms with van der Waals surface area (Å²) in [6.07, 6.45) is 1.03. The summed E-state index contributed by atoms with van der Waals surface area (Å²) in [7, 11) is 0. The number of rotatable bonds is 5. The average molecular weight is 246 g/mol. The van der Waals surface area contributed by atoms with Crippen LogP contribution in [0.3, 0.4) is 0 Å². The molecular weight excluding hydrogens is 229 g/mol. The van der Waals surface area contributed by atoms with E-state index >= 15 is 0 Å². The van der Waals surface area contributed by atoms with Crippen molar-refractivity contribution in [1.29, 1.82) is 0 Å². The first-order valence-electron chi connectivity index (χ1n) is 5.28. The van der Waals surface area contributed by atoms with Gasteiger partial charge in [0.25, 0.3) is 0 Å². The zero-order chi connectivity index (χ0) is 11.3. The van der Waals surface area contributed by atoms with Crippen molar-refractivity contribution in [3.8, 4) is 0 Å². The molecule has 84 valence electrons. The third kappa shape index (κ3) is 4.42. The lowest BCUT2D eigenvalue weighted by Gasteiger charge is -2.12. The molecular formula is C12H17Cl2N. The van der Waals surface area contributed by atoms with Gasteiger partial charge in [-0.3, -0.25) is 0 Å². The Labute approximate surface area is 102 Å². The third-order valence-electron chi connectivity index (χ3n) is 2.31. The molecule has 0 saturated carbocycles. The van der Waals surface area contributed by atoms with Crippen LogP contribution in [0.25, 0.3) is 0 Å². The number of nitrogens with one attached hydrogen (secondary N) is 1. The number of hydrogen-bond acceptors (Lipinski definition) is 1. The summed E-state index contributed by atoms with van der Waals surface area (Å²) in [5, 5.41) is 4.60. The van der Waals surface area contributed by atoms with Gasteiger partial charge in [-0.1, -0.05) is 43.1 Å². The van der Waals surface area contributed by atoms with Crippen LogP contribution in [0.15, 0.2) is 18.2 Å². The Morgan fingerprint density at radius 2 is 2.00 bits per heavy atom. The van der Waals surface area contributed by atoms with Gasteiger partial charge in [0.2, 0.25) is 0 Å². The van der Waals surface area contributed by atoms with Crippen LogP contribution in [-0.2, 0) is 6.42 Å². The zero-order valence-electron chi connectivity index (χ0n) is 9.19. The Morgan fingerprint density at radius 3 is 2.60 bits per heavy atom. The first-order chi connectivity index (χ1) is 7.13. The second-order valence-electron chi connectivity index (χ2n) is 3.87. The Kier molecular flexibility index (Phi) is 5.44. The lowest BCUT2D eigenvalue weighted by Crippen LogP contribution is -2.21. The van der Waals surface area contributed by atoms with Gasteiger partial charge >= 0.3 is 0 Å². The molecule has 0 fully saturated rings. The SMILES string of the molecule is CCNCC(C)Cc1ccc(Cl)c(Cl)c1. The molecule has 1 rings (SSSR count). The highest BCUT2D eigenvalue weighted by molar-refractivity contribution is 6.42. The van der Waals surface area contributed by atoms with Crippen molar-refractivity contribution in [1.82, 2.24) is 5.32 Å². The zero-order valence-corrected chi connectivity index (χ0v) is 10.7. The molecule has 0 aliphatic carbocycles. The van der Waals surface area contributed by atoms with Gasteiger partial charge in [0.1, 0.15) is 0 Å². The van der Waals surface area contributed by atoms with E-state index in [1.165, 1.54) is 5.56 Å². The summed E-state index contributed by atoms with van der Waals surface area (Å²) in [6, 6.07) is 5.85. The van der Waals surface area contributed by atoms with Gasteiger partial charge in [-0.05, 0) is 43.1 Å². The van der Waals surface area contributed by atoms with Gasteiger partial charge in [-0.25, -0.2) is 0 Å². The molecule has 1 N–H and O–H groups in total. The molecule has 0 saturated heterocycles. The lowest BCUT2D eigenvalue weighted by molar-refractivity contribution is 0.521. The van der Waals surface area contributed by atoms with E-state index in [-0.39, 0.29) is 0 Å². The van der Waals surface area contributed by atoms with Crippen LogP contribution < -0.4 is 5.32 Å². The van der Waals surface area contributed by atoms with Crippen molar-refractivity contribution in [2.75, 3.05) is 13.1 Å². The van der Waals surface area contributed by atoms with E-state index in [4.69, 9.17) is 23.2 Å². The highest BCUT2D eigenvalue weighted by Crippen LogP contribution is 2.23. The third-order valence-corrected chi connectivity index (χ3v) is 3.05. The molecule has 0 heterocycles. The molecule has 0 aliphatic rings. The average Bonchev–Trinajstić information content (AvgIpc) is 2.20. The fourth-order valence-electron chi connectivity index (χ4n) is 1.53. The molecule has 1 nitrogen and oxygen atoms in total. The fraction of sp³-hybridized carbons (Fsp3) is 0.500. The molecule has 1 unspecified atom stereocenters. The van der Waals surface area contributed by atoms with E-state index < -0.39 is 0 Å². The van der Waals surface area contributed by atoms with Crippen LogP contribution in [0.5, 0.6) is 0 Å². The van der Waals surface area contributed by atoms with Crippen molar-refractivity contribution in [2.45, 2.75) is 20.3 Å². The van der Waals surface area contributed by atoms with Crippen molar-refractivity contribution < 1.29 is 0 Å². The van der Waals surface area contributed by atoms with E-state index in [1.54, 1.807) is 0 Å². The van der Waals surface area contributed by atoms with Crippen LogP contribution >= 0.6 is 23.2 Å². The second-order valence-corrected chi connectivity index (χ2v) is 4.68. The van der Waals surface area contributed by atoms with E-state index in [2.05, 4.69) is 19.2 Å². The van der Waals surface area contributed by atoms with Crippen LogP contribution in [-0.4, -0.2) is 13.1 Å². The van der Waals surface area contributed by atoms with Gasteiger partial charge in [0.05, 0.1) is 10.0 Å². The topological polar surface area (TPSA) is 12.0 Å². The van der Waals surface area contributed by atoms with Crippen LogP contribution in [0.1, 0.15) is 19.4 Å². The number of halogens is 2. The molecule has 1 aromatic rings. The van der Waals surface area contributed by atoms with Gasteiger partial charge in [-0.2, -0.15) is 0 Å². The minimum Gasteiger partial charge on any atom is -0.317 e. The highest BCUT2D eigenvalue weighted by atomic mass is 35.5. The van der Waals surface area contributed by atoms with Crippen LogP contribution in [0.4, 0.5) is 0 Å². The predicted molar refractivity (Wildman–Crippen MR) is 67.9 cm³/mol. The monoisotopic (exact) mass is 245 g/mol. The van der Waals surface area contributed by atoms with E-state index in [1.807, 2.05) is 18.2 Å². The predicted octanol–water partition coefficient (Wildman–Crippen LogP) is 3.78. The first kappa shape index (κ1) is 12.8. The largest absolute Gasteiger partial charge is 0.317 e. The minimum atomic E-state index is 0.613. The molecule has 3 heteroatoms. The van der Waals surface area contributed by atoms with E-state index in [9.17, 15) is 0 Å². The Balaban J connectivity index is 2.53. The van der Waals surface area contributed by atoms with Crippen molar-refractivity contribution in [2.24, 2.45) is 5.92 Å². The standard InChI is InChI=1S/C12H17Cl2N/c1-3-15-8-9(2)6-10-4-5-11(13)12(14)7-10/h4-5,7,9,15H,3,6,8H2,1-2H3. The summed E-state index contributed by atoms with van der Waals surface area (Å²) in [6.45, 7) is 6.40. The molecule has 0 aliphatic heterocycles. The number of benzene rings is 1. The molecule has 1 aromatic carbocycles. The second kappa shape index (κ2) is 6.37. The molecule has 1 atom stereocenters. The Hall–Kier alpha value is -0.240. The molecule has 0 bridgehead atoms. The summed E-state index contributed by atoms with van der Waals surface area (Å²) in [4.78, 5) is 0. The maximum Gasteiger partial charge on any atom is 0.0595 e. The fourth-order valence-corrected chi connectivity index (χ4v) is 1.85. The normalized spacial score (nSPS) is 12.8. The van der Waals surface area contributed by atoms with Gasteiger partial charge in [0.15, 0.2) is 0 Å². The first-order valence-corrected chi connectivity index (χ1v) is 6.03. The van der Waals surface area contributed by atoms with Gasteiger partial charge in [0, 0.05) is 0 Å². The summed E-state index contributed by atoms with van der Waals surface area (Å²) in [5.41, 5.74) is 1.25. The van der Waals surface area contributed by atoms with Gasteiger partial charge in [-0.15, -0.1) is 0 Å². The molecule has 0 aromatic heterocycles. The van der Waals surface area contributed by atoms with Crippen LogP contribution in [0, 0.1) is 5.92 Å². The van der Waals surface area contributed by atoms with Crippen molar-refractivity contribution in [3.63, 3.8) is 0 Å². The maximum atomic E-state index is 5.95. The Morgan fingerprint density at radius 1 is 1.27 bits per heavy atom. The quantitative estimate of drug-likeness (QED) is 0.833. The van der Waals surface area contributed by atoms with Gasteiger partial charge < -0.3 is 5.32 Å². The Bertz CT molecular complexity index is 312. The highest BCUT2D eigenvalue weighted by Gasteiger charge is 2.05. The van der Waals surface area contributed by atoms with E-state index in [0.717, 1.165) is 19.5 Å². The van der Waals surface area contributed by atoms with E-state index in [0.29, 0.717) is 16.0 Å². The smallest absolute Gasteiger partial charge is 0.0595 e. The summed E-state index contributed by atoms with van der Waals surface area (Å²) >= 11 is 11.8. The summed E-state index contributed by atoms with van der Waals surface area (Å²) < 4.78 is 0. The van der Waals surface area contributed by atoms with Crippen molar-refractivity contribution >= 4 is 23.2 Å². The van der Waals surface area contributed by atoms with Crippen molar-refractivity contribution in [3.05, 3.63) is 33.8 Å². The molecule has 0 amide bonds. The van der Waals surface area contributed by atoms with Crippen LogP contribution in [0.2, 0.25) is 10.0 Å². The number of hydrogen-bond donors (Lipinski definition) is 1. The molecule has 0 radical (unpaired) electrons. The molecule has 15 heavy (non-hydrogen) atoms. The summed E-state index contributed by atoms with van der Waals surface area (Å²) in [5.74, 6) is 0.613. The maximum absolute atomic E-state index is 5.95. The minimum absolute atomic E-state index is 0.613. The lowest BCUT2D eigenvalue weighted by atomic mass is 10.0. The molecule has 0 spiro atoms.